The molecular weight excluding hydrogens is 332 g/mol. The van der Waals surface area contributed by atoms with E-state index in [1.54, 1.807) is 0 Å². The van der Waals surface area contributed by atoms with E-state index in [2.05, 4.69) is 31.3 Å². The number of carbonyl (C=O) groups is 3. The van der Waals surface area contributed by atoms with Crippen molar-refractivity contribution in [1.29, 1.82) is 0 Å². The van der Waals surface area contributed by atoms with Crippen molar-refractivity contribution in [1.82, 2.24) is 10.2 Å². The quantitative estimate of drug-likeness (QED) is 0.668. The third kappa shape index (κ3) is 7.68. The van der Waals surface area contributed by atoms with Crippen LogP contribution in [0.3, 0.4) is 0 Å². The molecule has 2 amide bonds. The Morgan fingerprint density at radius 1 is 1.08 bits per heavy atom. The third-order valence-corrected chi connectivity index (χ3v) is 4.17. The van der Waals surface area contributed by atoms with Crippen LogP contribution < -0.4 is 5.32 Å². The molecule has 0 spiro atoms. The fourth-order valence-corrected chi connectivity index (χ4v) is 2.73. The Kier molecular flexibility index (Phi) is 8.82. The van der Waals surface area contributed by atoms with Crippen LogP contribution >= 0.6 is 0 Å². The van der Waals surface area contributed by atoms with Crippen LogP contribution in [0.5, 0.6) is 0 Å². The van der Waals surface area contributed by atoms with Crippen LogP contribution in [0.4, 0.5) is 0 Å². The summed E-state index contributed by atoms with van der Waals surface area (Å²) >= 11 is 0. The van der Waals surface area contributed by atoms with Crippen LogP contribution in [-0.2, 0) is 27.2 Å². The number of aryl methyl sites for hydroxylation is 1. The summed E-state index contributed by atoms with van der Waals surface area (Å²) in [6.45, 7) is 7.63. The predicted molar refractivity (Wildman–Crippen MR) is 101 cm³/mol. The number of aliphatic carboxylic acids is 1. The molecule has 0 saturated heterocycles. The lowest BCUT2D eigenvalue weighted by molar-refractivity contribution is -0.149. The van der Waals surface area contributed by atoms with Gasteiger partial charge in [0.2, 0.25) is 11.8 Å². The van der Waals surface area contributed by atoms with E-state index in [0.29, 0.717) is 12.3 Å². The van der Waals surface area contributed by atoms with Crippen molar-refractivity contribution in [2.45, 2.75) is 53.0 Å². The van der Waals surface area contributed by atoms with Gasteiger partial charge in [0, 0.05) is 26.4 Å². The molecule has 0 heterocycles. The van der Waals surface area contributed by atoms with Gasteiger partial charge in [0.25, 0.3) is 0 Å². The van der Waals surface area contributed by atoms with Gasteiger partial charge in [-0.1, -0.05) is 38.1 Å². The Hall–Kier alpha value is -2.37. The number of carboxylic acid groups (broad SMARTS) is 1. The molecule has 0 radical (unpaired) electrons. The summed E-state index contributed by atoms with van der Waals surface area (Å²) < 4.78 is 0. The van der Waals surface area contributed by atoms with Gasteiger partial charge in [-0.05, 0) is 36.8 Å². The van der Waals surface area contributed by atoms with Crippen molar-refractivity contribution in [3.63, 3.8) is 0 Å². The van der Waals surface area contributed by atoms with Crippen LogP contribution in [0.1, 0.15) is 45.2 Å². The summed E-state index contributed by atoms with van der Waals surface area (Å²) in [4.78, 5) is 36.0. The number of carboxylic acids is 1. The molecule has 1 rings (SSSR count). The first-order chi connectivity index (χ1) is 12.2. The van der Waals surface area contributed by atoms with Crippen molar-refractivity contribution < 1.29 is 19.5 Å². The molecule has 1 aromatic rings. The maximum absolute atomic E-state index is 12.5. The average Bonchev–Trinajstić information content (AvgIpc) is 2.56. The van der Waals surface area contributed by atoms with Gasteiger partial charge < -0.3 is 15.3 Å². The second-order valence-electron chi connectivity index (χ2n) is 7.00. The zero-order chi connectivity index (χ0) is 19.7. The lowest BCUT2D eigenvalue weighted by Crippen LogP contribution is -2.46. The molecule has 0 aliphatic heterocycles. The second-order valence-corrected chi connectivity index (χ2v) is 7.00. The monoisotopic (exact) mass is 362 g/mol. The first-order valence-electron chi connectivity index (χ1n) is 9.05. The fourth-order valence-electron chi connectivity index (χ4n) is 2.73. The molecule has 1 unspecified atom stereocenters. The van der Waals surface area contributed by atoms with Gasteiger partial charge in [-0.2, -0.15) is 0 Å². The zero-order valence-electron chi connectivity index (χ0n) is 16.1. The van der Waals surface area contributed by atoms with Gasteiger partial charge in [-0.25, -0.2) is 4.79 Å². The van der Waals surface area contributed by atoms with E-state index < -0.39 is 12.0 Å². The molecule has 6 heteroatoms. The number of carbonyl (C=O) groups excluding carboxylic acids is 2. The molecule has 0 aromatic heterocycles. The number of rotatable bonds is 10. The van der Waals surface area contributed by atoms with Gasteiger partial charge in [-0.15, -0.1) is 0 Å². The van der Waals surface area contributed by atoms with Gasteiger partial charge in [0.1, 0.15) is 6.04 Å². The van der Waals surface area contributed by atoms with Crippen molar-refractivity contribution in [2.75, 3.05) is 13.1 Å². The van der Waals surface area contributed by atoms with E-state index in [0.717, 1.165) is 12.0 Å². The standard InChI is InChI=1S/C20H30N2O4/c1-14(2)13-18-7-5-17(6-8-18)9-10-19(24)22(15(3)20(25)26)12-11-21-16(4)23/h5-8,14-15H,9-13H2,1-4H3,(H,21,23)(H,25,26). The average molecular weight is 362 g/mol. The summed E-state index contributed by atoms with van der Waals surface area (Å²) in [5.41, 5.74) is 2.32. The maximum atomic E-state index is 12.5. The van der Waals surface area contributed by atoms with E-state index in [-0.39, 0.29) is 31.3 Å². The molecule has 0 fully saturated rings. The molecule has 144 valence electrons. The van der Waals surface area contributed by atoms with Crippen LogP contribution in [0, 0.1) is 5.92 Å². The Morgan fingerprint density at radius 3 is 2.15 bits per heavy atom. The highest BCUT2D eigenvalue weighted by molar-refractivity contribution is 5.83. The summed E-state index contributed by atoms with van der Waals surface area (Å²) in [6.07, 6.45) is 1.82. The molecule has 2 N–H and O–H groups in total. The van der Waals surface area contributed by atoms with Gasteiger partial charge in [-0.3, -0.25) is 9.59 Å². The SMILES string of the molecule is CC(=O)NCCN(C(=O)CCc1ccc(CC(C)C)cc1)C(C)C(=O)O. The molecule has 0 aliphatic rings. The molecule has 6 nitrogen and oxygen atoms in total. The molecule has 0 aliphatic carbocycles. The number of hydrogen-bond acceptors (Lipinski definition) is 3. The third-order valence-electron chi connectivity index (χ3n) is 4.17. The summed E-state index contributed by atoms with van der Waals surface area (Å²) in [7, 11) is 0. The van der Waals surface area contributed by atoms with Crippen molar-refractivity contribution in [3.8, 4) is 0 Å². The first kappa shape index (κ1) is 21.7. The highest BCUT2D eigenvalue weighted by Gasteiger charge is 2.24. The number of nitrogens with zero attached hydrogens (tertiary/aromatic N) is 1. The minimum Gasteiger partial charge on any atom is -0.480 e. The van der Waals surface area contributed by atoms with Crippen LogP contribution in [0.15, 0.2) is 24.3 Å². The zero-order valence-corrected chi connectivity index (χ0v) is 16.1. The van der Waals surface area contributed by atoms with Gasteiger partial charge in [0.15, 0.2) is 0 Å². The topological polar surface area (TPSA) is 86.7 Å². The normalized spacial score (nSPS) is 11.9. The molecule has 1 aromatic carbocycles. The van der Waals surface area contributed by atoms with Crippen LogP contribution in [0.2, 0.25) is 0 Å². The van der Waals surface area contributed by atoms with Gasteiger partial charge in [0.05, 0.1) is 0 Å². The highest BCUT2D eigenvalue weighted by atomic mass is 16.4. The number of amides is 2. The van der Waals surface area contributed by atoms with E-state index >= 15 is 0 Å². The molecule has 0 bridgehead atoms. The van der Waals surface area contributed by atoms with E-state index in [1.165, 1.54) is 24.3 Å². The first-order valence-corrected chi connectivity index (χ1v) is 9.05. The Labute approximate surface area is 155 Å². The lowest BCUT2D eigenvalue weighted by Gasteiger charge is -2.26. The van der Waals surface area contributed by atoms with Crippen LogP contribution in [0.25, 0.3) is 0 Å². The number of hydrogen-bond donors (Lipinski definition) is 2. The summed E-state index contributed by atoms with van der Waals surface area (Å²) in [5, 5.41) is 11.8. The molecule has 0 saturated carbocycles. The highest BCUT2D eigenvalue weighted by Crippen LogP contribution is 2.12. The maximum Gasteiger partial charge on any atom is 0.326 e. The Bertz CT molecular complexity index is 611. The summed E-state index contributed by atoms with van der Waals surface area (Å²) in [6, 6.07) is 7.27. The Balaban J connectivity index is 2.64. The van der Waals surface area contributed by atoms with Crippen LogP contribution in [-0.4, -0.2) is 46.9 Å². The van der Waals surface area contributed by atoms with Crippen molar-refractivity contribution >= 4 is 17.8 Å². The number of benzene rings is 1. The minimum absolute atomic E-state index is 0.180. The van der Waals surface area contributed by atoms with E-state index in [4.69, 9.17) is 0 Å². The minimum atomic E-state index is -1.06. The molecule has 1 atom stereocenters. The van der Waals surface area contributed by atoms with Crippen molar-refractivity contribution in [2.24, 2.45) is 5.92 Å². The smallest absolute Gasteiger partial charge is 0.326 e. The van der Waals surface area contributed by atoms with E-state index in [1.807, 2.05) is 12.1 Å². The second kappa shape index (κ2) is 10.6. The largest absolute Gasteiger partial charge is 0.480 e. The number of nitrogens with one attached hydrogen (secondary N) is 1. The summed E-state index contributed by atoms with van der Waals surface area (Å²) in [5.74, 6) is -0.894. The Morgan fingerprint density at radius 2 is 1.65 bits per heavy atom. The molecule has 26 heavy (non-hydrogen) atoms. The van der Waals surface area contributed by atoms with Crippen molar-refractivity contribution in [3.05, 3.63) is 35.4 Å². The fraction of sp³-hybridized carbons (Fsp3) is 0.550. The van der Waals surface area contributed by atoms with E-state index in [9.17, 15) is 19.5 Å². The molecular formula is C20H30N2O4. The predicted octanol–water partition coefficient (Wildman–Crippen LogP) is 2.26. The lowest BCUT2D eigenvalue weighted by atomic mass is 10.0. The van der Waals surface area contributed by atoms with Gasteiger partial charge >= 0.3 is 5.97 Å².